The number of ether oxygens (including phenoxy) is 1. The van der Waals surface area contributed by atoms with Crippen LogP contribution in [0.1, 0.15) is 5.56 Å². The predicted octanol–water partition coefficient (Wildman–Crippen LogP) is 3.46. The van der Waals surface area contributed by atoms with Crippen LogP contribution >= 0.6 is 23.2 Å². The Labute approximate surface area is 114 Å². The molecule has 92 valence electrons. The van der Waals surface area contributed by atoms with Crippen molar-refractivity contribution in [3.8, 4) is 11.5 Å². The molecule has 0 aliphatic heterocycles. The van der Waals surface area contributed by atoms with E-state index in [1.165, 1.54) is 12.4 Å². The van der Waals surface area contributed by atoms with Crippen molar-refractivity contribution in [2.24, 2.45) is 5.73 Å². The van der Waals surface area contributed by atoms with Gasteiger partial charge in [-0.15, -0.1) is 0 Å². The summed E-state index contributed by atoms with van der Waals surface area (Å²) in [5.41, 5.74) is 5.90. The van der Waals surface area contributed by atoms with E-state index in [1.54, 1.807) is 24.3 Å². The second-order valence-electron chi connectivity index (χ2n) is 3.44. The summed E-state index contributed by atoms with van der Waals surface area (Å²) in [4.78, 5) is 3.92. The normalized spacial score (nSPS) is 10.1. The molecule has 0 atom stereocenters. The predicted molar refractivity (Wildman–Crippen MR) is 71.8 cm³/mol. The zero-order valence-corrected chi connectivity index (χ0v) is 10.7. The first-order chi connectivity index (χ1) is 8.59. The van der Waals surface area contributed by atoms with Gasteiger partial charge in [0.25, 0.3) is 0 Å². The van der Waals surface area contributed by atoms with E-state index in [4.69, 9.17) is 39.1 Å². The maximum Gasteiger partial charge on any atom is 0.156 e. The lowest BCUT2D eigenvalue weighted by atomic mass is 10.2. The molecule has 18 heavy (non-hydrogen) atoms. The zero-order chi connectivity index (χ0) is 13.1. The Balaban J connectivity index is 2.40. The third-order valence-corrected chi connectivity index (χ3v) is 3.01. The number of benzene rings is 1. The van der Waals surface area contributed by atoms with E-state index < -0.39 is 0 Å². The summed E-state index contributed by atoms with van der Waals surface area (Å²) in [6.45, 7) is 0. The molecule has 1 aromatic carbocycles. The highest BCUT2D eigenvalue weighted by atomic mass is 35.5. The molecule has 2 aromatic rings. The lowest BCUT2D eigenvalue weighted by Gasteiger charge is -2.11. The summed E-state index contributed by atoms with van der Waals surface area (Å²) >= 11 is 11.9. The fraction of sp³-hybridized carbons (Fsp3) is 0. The quantitative estimate of drug-likeness (QED) is 0.668. The van der Waals surface area contributed by atoms with Gasteiger partial charge in [0.05, 0.1) is 16.8 Å². The van der Waals surface area contributed by atoms with Crippen LogP contribution in [0.4, 0.5) is 0 Å². The van der Waals surface area contributed by atoms with Gasteiger partial charge in [-0.05, 0) is 18.2 Å². The fourth-order valence-corrected chi connectivity index (χ4v) is 1.70. The maximum atomic E-state index is 7.45. The average molecular weight is 282 g/mol. The first-order valence-corrected chi connectivity index (χ1v) is 5.75. The zero-order valence-electron chi connectivity index (χ0n) is 9.15. The van der Waals surface area contributed by atoms with Crippen LogP contribution < -0.4 is 10.5 Å². The minimum absolute atomic E-state index is 0.106. The molecule has 0 radical (unpaired) electrons. The van der Waals surface area contributed by atoms with E-state index in [2.05, 4.69) is 4.98 Å². The van der Waals surface area contributed by atoms with Gasteiger partial charge in [-0.3, -0.25) is 10.4 Å². The van der Waals surface area contributed by atoms with Gasteiger partial charge in [0.1, 0.15) is 16.6 Å². The molecule has 2 rings (SSSR count). The molecule has 0 aliphatic rings. The lowest BCUT2D eigenvalue weighted by Crippen LogP contribution is -2.12. The van der Waals surface area contributed by atoms with E-state index in [1.807, 2.05) is 0 Å². The van der Waals surface area contributed by atoms with E-state index in [9.17, 15) is 0 Å². The third kappa shape index (κ3) is 2.55. The smallest absolute Gasteiger partial charge is 0.156 e. The third-order valence-electron chi connectivity index (χ3n) is 2.21. The van der Waals surface area contributed by atoms with Gasteiger partial charge < -0.3 is 10.5 Å². The Morgan fingerprint density at radius 1 is 1.22 bits per heavy atom. The number of nitrogen functional groups attached to an aromatic ring is 1. The SMILES string of the molecule is N=C(N)c1ccncc1Oc1cccc(Cl)c1Cl. The van der Waals surface area contributed by atoms with Gasteiger partial charge in [-0.25, -0.2) is 0 Å². The first kappa shape index (κ1) is 12.7. The van der Waals surface area contributed by atoms with Crippen molar-refractivity contribution in [1.82, 2.24) is 4.98 Å². The number of pyridine rings is 1. The molecule has 3 N–H and O–H groups in total. The largest absolute Gasteiger partial charge is 0.453 e. The van der Waals surface area contributed by atoms with Crippen molar-refractivity contribution < 1.29 is 4.74 Å². The Kier molecular flexibility index (Phi) is 3.69. The van der Waals surface area contributed by atoms with Crippen molar-refractivity contribution in [2.45, 2.75) is 0 Å². The van der Waals surface area contributed by atoms with Gasteiger partial charge in [0.2, 0.25) is 0 Å². The summed E-state index contributed by atoms with van der Waals surface area (Å²) in [7, 11) is 0. The molecule has 0 spiro atoms. The highest BCUT2D eigenvalue weighted by Gasteiger charge is 2.11. The van der Waals surface area contributed by atoms with Crippen molar-refractivity contribution in [3.63, 3.8) is 0 Å². The highest BCUT2D eigenvalue weighted by molar-refractivity contribution is 6.42. The molecule has 0 saturated carbocycles. The Morgan fingerprint density at radius 3 is 2.72 bits per heavy atom. The summed E-state index contributed by atoms with van der Waals surface area (Å²) in [5, 5.41) is 8.14. The number of amidine groups is 1. The standard InChI is InChI=1S/C12H9Cl2N3O/c13-8-2-1-3-9(11(8)14)18-10-6-17-5-4-7(10)12(15)16/h1-6H,(H3,15,16). The van der Waals surface area contributed by atoms with E-state index in [-0.39, 0.29) is 5.84 Å². The summed E-state index contributed by atoms with van der Waals surface area (Å²) in [6.07, 6.45) is 3.00. The molecule has 1 heterocycles. The molecular formula is C12H9Cl2N3O. The molecule has 0 bridgehead atoms. The van der Waals surface area contributed by atoms with E-state index >= 15 is 0 Å². The Bertz CT molecular complexity index is 602. The molecule has 6 heteroatoms. The fourth-order valence-electron chi connectivity index (χ4n) is 1.37. The van der Waals surface area contributed by atoms with Crippen molar-refractivity contribution >= 4 is 29.0 Å². The Morgan fingerprint density at radius 2 is 2.00 bits per heavy atom. The van der Waals surface area contributed by atoms with Crippen LogP contribution in [-0.2, 0) is 0 Å². The van der Waals surface area contributed by atoms with Crippen LogP contribution in [0.5, 0.6) is 11.5 Å². The van der Waals surface area contributed by atoms with Crippen molar-refractivity contribution in [2.75, 3.05) is 0 Å². The molecule has 0 fully saturated rings. The second-order valence-corrected chi connectivity index (χ2v) is 4.22. The van der Waals surface area contributed by atoms with Gasteiger partial charge in [-0.2, -0.15) is 0 Å². The minimum Gasteiger partial charge on any atom is -0.453 e. The number of nitrogens with two attached hydrogens (primary N) is 1. The molecule has 0 aliphatic carbocycles. The van der Waals surface area contributed by atoms with Crippen LogP contribution in [0, 0.1) is 5.41 Å². The Hall–Kier alpha value is -1.78. The molecular weight excluding hydrogens is 273 g/mol. The van der Waals surface area contributed by atoms with Gasteiger partial charge in [0.15, 0.2) is 5.75 Å². The van der Waals surface area contributed by atoms with Crippen LogP contribution in [-0.4, -0.2) is 10.8 Å². The maximum absolute atomic E-state index is 7.45. The second kappa shape index (κ2) is 5.25. The van der Waals surface area contributed by atoms with Crippen molar-refractivity contribution in [3.05, 3.63) is 52.3 Å². The summed E-state index contributed by atoms with van der Waals surface area (Å²) in [5.74, 6) is 0.638. The molecule has 0 unspecified atom stereocenters. The number of halogens is 2. The van der Waals surface area contributed by atoms with Crippen LogP contribution in [0.15, 0.2) is 36.7 Å². The number of rotatable bonds is 3. The topological polar surface area (TPSA) is 72.0 Å². The summed E-state index contributed by atoms with van der Waals surface area (Å²) < 4.78 is 5.58. The van der Waals surface area contributed by atoms with E-state index in [0.717, 1.165) is 0 Å². The monoisotopic (exact) mass is 281 g/mol. The van der Waals surface area contributed by atoms with Crippen LogP contribution in [0.3, 0.4) is 0 Å². The first-order valence-electron chi connectivity index (χ1n) is 5.00. The number of nitrogens with zero attached hydrogens (tertiary/aromatic N) is 1. The molecule has 4 nitrogen and oxygen atoms in total. The lowest BCUT2D eigenvalue weighted by molar-refractivity contribution is 0.479. The molecule has 0 amide bonds. The summed E-state index contributed by atoms with van der Waals surface area (Å²) in [6, 6.07) is 6.64. The number of nitrogens with one attached hydrogen (secondary N) is 1. The molecule has 1 aromatic heterocycles. The molecule has 0 saturated heterocycles. The van der Waals surface area contributed by atoms with Gasteiger partial charge in [0, 0.05) is 6.20 Å². The number of aromatic nitrogens is 1. The minimum atomic E-state index is -0.106. The highest BCUT2D eigenvalue weighted by Crippen LogP contribution is 2.35. The van der Waals surface area contributed by atoms with Crippen LogP contribution in [0.25, 0.3) is 0 Å². The number of hydrogen-bond acceptors (Lipinski definition) is 3. The number of hydrogen-bond donors (Lipinski definition) is 2. The van der Waals surface area contributed by atoms with Crippen molar-refractivity contribution in [1.29, 1.82) is 5.41 Å². The van der Waals surface area contributed by atoms with Gasteiger partial charge >= 0.3 is 0 Å². The van der Waals surface area contributed by atoms with Gasteiger partial charge in [-0.1, -0.05) is 29.3 Å². The van der Waals surface area contributed by atoms with Crippen LogP contribution in [0.2, 0.25) is 10.0 Å². The van der Waals surface area contributed by atoms with E-state index in [0.29, 0.717) is 27.1 Å². The average Bonchev–Trinajstić information content (AvgIpc) is 2.35.